The molecule has 24 heavy (non-hydrogen) atoms. The van der Waals surface area contributed by atoms with Crippen molar-refractivity contribution in [2.75, 3.05) is 18.0 Å². The summed E-state index contributed by atoms with van der Waals surface area (Å²) >= 11 is 0. The lowest BCUT2D eigenvalue weighted by molar-refractivity contribution is -0.146. The third-order valence-corrected chi connectivity index (χ3v) is 4.48. The fourth-order valence-electron chi connectivity index (χ4n) is 2.96. The maximum atomic E-state index is 13.1. The molecule has 3 rings (SSSR count). The van der Waals surface area contributed by atoms with Crippen molar-refractivity contribution in [3.63, 3.8) is 0 Å². The Bertz CT molecular complexity index is 693. The van der Waals surface area contributed by atoms with Gasteiger partial charge in [-0.05, 0) is 37.6 Å². The number of carboxylic acid groups (broad SMARTS) is 1. The van der Waals surface area contributed by atoms with E-state index < -0.39 is 11.4 Å². The fraction of sp³-hybridized carbons (Fsp3) is 0.263. The summed E-state index contributed by atoms with van der Waals surface area (Å²) in [6.45, 7) is 2.35. The second kappa shape index (κ2) is 6.35. The van der Waals surface area contributed by atoms with Gasteiger partial charge in [0.2, 0.25) is 0 Å². The van der Waals surface area contributed by atoms with Crippen molar-refractivity contribution in [2.45, 2.75) is 13.3 Å². The molecule has 0 bridgehead atoms. The van der Waals surface area contributed by atoms with Crippen molar-refractivity contribution in [3.05, 3.63) is 60.7 Å². The molecule has 0 aromatic heterocycles. The van der Waals surface area contributed by atoms with E-state index in [1.54, 1.807) is 16.7 Å². The van der Waals surface area contributed by atoms with E-state index in [0.29, 0.717) is 13.0 Å². The average Bonchev–Trinajstić information content (AvgIpc) is 3.01. The zero-order chi connectivity index (χ0) is 17.2. The van der Waals surface area contributed by atoms with E-state index in [4.69, 9.17) is 0 Å². The molecule has 1 unspecified atom stereocenters. The third kappa shape index (κ3) is 2.97. The number of carbonyl (C=O) groups excluding carboxylic acids is 1. The van der Waals surface area contributed by atoms with Crippen molar-refractivity contribution in [1.29, 1.82) is 0 Å². The topological polar surface area (TPSA) is 60.9 Å². The van der Waals surface area contributed by atoms with Gasteiger partial charge in [-0.1, -0.05) is 36.4 Å². The summed E-state index contributed by atoms with van der Waals surface area (Å²) in [6.07, 6.45) is 0.464. The number of urea groups is 1. The largest absolute Gasteiger partial charge is 0.481 e. The number of aliphatic carboxylic acids is 1. The molecule has 0 saturated carbocycles. The first kappa shape index (κ1) is 16.1. The highest BCUT2D eigenvalue weighted by molar-refractivity contribution is 5.99. The molecule has 0 spiro atoms. The monoisotopic (exact) mass is 324 g/mol. The van der Waals surface area contributed by atoms with Gasteiger partial charge in [0.1, 0.15) is 0 Å². The Hall–Kier alpha value is -2.82. The second-order valence-electron chi connectivity index (χ2n) is 6.33. The van der Waals surface area contributed by atoms with Gasteiger partial charge in [0.25, 0.3) is 0 Å². The van der Waals surface area contributed by atoms with Crippen LogP contribution in [0.1, 0.15) is 13.3 Å². The van der Waals surface area contributed by atoms with Gasteiger partial charge in [-0.15, -0.1) is 0 Å². The molecule has 124 valence electrons. The molecule has 1 aliphatic rings. The Balaban J connectivity index is 1.92. The minimum Gasteiger partial charge on any atom is -0.481 e. The Kier molecular flexibility index (Phi) is 4.25. The van der Waals surface area contributed by atoms with Gasteiger partial charge < -0.3 is 10.0 Å². The van der Waals surface area contributed by atoms with E-state index in [1.165, 1.54) is 0 Å². The summed E-state index contributed by atoms with van der Waals surface area (Å²) in [6, 6.07) is 18.6. The normalized spacial score (nSPS) is 20.0. The quantitative estimate of drug-likeness (QED) is 0.935. The minimum absolute atomic E-state index is 0.197. The van der Waals surface area contributed by atoms with Crippen LogP contribution in [0.3, 0.4) is 0 Å². The zero-order valence-electron chi connectivity index (χ0n) is 13.6. The first-order valence-electron chi connectivity index (χ1n) is 7.94. The Morgan fingerprint density at radius 1 is 1.00 bits per heavy atom. The van der Waals surface area contributed by atoms with Crippen LogP contribution in [0.15, 0.2) is 60.7 Å². The number of amides is 2. The number of hydrogen-bond donors (Lipinski definition) is 1. The van der Waals surface area contributed by atoms with Crippen molar-refractivity contribution in [2.24, 2.45) is 5.41 Å². The first-order valence-corrected chi connectivity index (χ1v) is 7.94. The third-order valence-electron chi connectivity index (χ3n) is 4.48. The van der Waals surface area contributed by atoms with Crippen LogP contribution in [0, 0.1) is 5.41 Å². The molecule has 0 radical (unpaired) electrons. The predicted molar refractivity (Wildman–Crippen MR) is 92.4 cm³/mol. The maximum Gasteiger partial charge on any atom is 0.329 e. The van der Waals surface area contributed by atoms with Gasteiger partial charge >= 0.3 is 12.0 Å². The van der Waals surface area contributed by atoms with Gasteiger partial charge in [0.15, 0.2) is 0 Å². The van der Waals surface area contributed by atoms with Crippen LogP contribution in [0.25, 0.3) is 0 Å². The fourth-order valence-corrected chi connectivity index (χ4v) is 2.96. The summed E-state index contributed by atoms with van der Waals surface area (Å²) in [4.78, 5) is 27.8. The maximum absolute atomic E-state index is 13.1. The number of rotatable bonds is 3. The van der Waals surface area contributed by atoms with Gasteiger partial charge in [0, 0.05) is 13.1 Å². The Morgan fingerprint density at radius 3 is 1.92 bits per heavy atom. The molecule has 0 aliphatic carbocycles. The molecule has 1 N–H and O–H groups in total. The van der Waals surface area contributed by atoms with Gasteiger partial charge in [-0.3, -0.25) is 9.69 Å². The predicted octanol–water partition coefficient (Wildman–Crippen LogP) is 3.74. The van der Waals surface area contributed by atoms with Gasteiger partial charge in [-0.25, -0.2) is 4.79 Å². The molecular formula is C19H20N2O3. The van der Waals surface area contributed by atoms with E-state index in [9.17, 15) is 14.7 Å². The van der Waals surface area contributed by atoms with E-state index in [2.05, 4.69) is 0 Å². The summed E-state index contributed by atoms with van der Waals surface area (Å²) in [5.41, 5.74) is 0.643. The summed E-state index contributed by atoms with van der Waals surface area (Å²) < 4.78 is 0. The molecule has 2 aromatic rings. The number of hydrogen-bond acceptors (Lipinski definition) is 2. The lowest BCUT2D eigenvalue weighted by atomic mass is 9.90. The number of carboxylic acids is 1. The van der Waals surface area contributed by atoms with Crippen molar-refractivity contribution in [1.82, 2.24) is 4.90 Å². The lowest BCUT2D eigenvalue weighted by Crippen LogP contribution is -2.41. The van der Waals surface area contributed by atoms with Gasteiger partial charge in [0.05, 0.1) is 16.8 Å². The molecule has 1 heterocycles. The highest BCUT2D eigenvalue weighted by Crippen LogP contribution is 2.33. The van der Waals surface area contributed by atoms with Crippen LogP contribution >= 0.6 is 0 Å². The number of anilines is 2. The molecule has 2 amide bonds. The molecule has 1 saturated heterocycles. The molecule has 5 nitrogen and oxygen atoms in total. The van der Waals surface area contributed by atoms with E-state index in [0.717, 1.165) is 11.4 Å². The SMILES string of the molecule is CC1(C(=O)O)CCN(C(=O)N(c2ccccc2)c2ccccc2)C1. The van der Waals surface area contributed by atoms with Crippen LogP contribution < -0.4 is 4.90 Å². The Morgan fingerprint density at radius 2 is 1.50 bits per heavy atom. The first-order chi connectivity index (χ1) is 11.5. The Labute approximate surface area is 141 Å². The highest BCUT2D eigenvalue weighted by Gasteiger charge is 2.43. The molecular weight excluding hydrogens is 304 g/mol. The summed E-state index contributed by atoms with van der Waals surface area (Å²) in [5.74, 6) is -0.858. The zero-order valence-corrected chi connectivity index (χ0v) is 13.6. The molecule has 1 aliphatic heterocycles. The average molecular weight is 324 g/mol. The van der Waals surface area contributed by atoms with E-state index >= 15 is 0 Å². The van der Waals surface area contributed by atoms with Crippen LogP contribution in [-0.2, 0) is 4.79 Å². The second-order valence-corrected chi connectivity index (χ2v) is 6.33. The van der Waals surface area contributed by atoms with Gasteiger partial charge in [-0.2, -0.15) is 0 Å². The number of carbonyl (C=O) groups is 2. The highest BCUT2D eigenvalue weighted by atomic mass is 16.4. The number of nitrogens with zero attached hydrogens (tertiary/aromatic N) is 2. The van der Waals surface area contributed by atoms with Crippen LogP contribution in [0.2, 0.25) is 0 Å². The number of benzene rings is 2. The molecule has 2 aromatic carbocycles. The van der Waals surface area contributed by atoms with E-state index in [1.807, 2.05) is 60.7 Å². The van der Waals surface area contributed by atoms with Crippen LogP contribution in [-0.4, -0.2) is 35.1 Å². The van der Waals surface area contributed by atoms with Crippen LogP contribution in [0.4, 0.5) is 16.2 Å². The summed E-state index contributed by atoms with van der Waals surface area (Å²) in [7, 11) is 0. The van der Waals surface area contributed by atoms with E-state index in [-0.39, 0.29) is 12.6 Å². The molecule has 1 atom stereocenters. The standard InChI is InChI=1S/C19H20N2O3/c1-19(17(22)23)12-13-20(14-19)18(24)21(15-8-4-2-5-9-15)16-10-6-3-7-11-16/h2-11H,12-14H2,1H3,(H,22,23). The molecule has 1 fully saturated rings. The lowest BCUT2D eigenvalue weighted by Gasteiger charge is -2.29. The van der Waals surface area contributed by atoms with Crippen molar-refractivity contribution >= 4 is 23.4 Å². The molecule has 5 heteroatoms. The summed E-state index contributed by atoms with van der Waals surface area (Å²) in [5, 5.41) is 9.39. The van der Waals surface area contributed by atoms with Crippen LogP contribution in [0.5, 0.6) is 0 Å². The van der Waals surface area contributed by atoms with Crippen molar-refractivity contribution in [3.8, 4) is 0 Å². The van der Waals surface area contributed by atoms with Crippen molar-refractivity contribution < 1.29 is 14.7 Å². The smallest absolute Gasteiger partial charge is 0.329 e. The number of para-hydroxylation sites is 2. The number of likely N-dealkylation sites (tertiary alicyclic amines) is 1. The minimum atomic E-state index is -0.880.